The number of pyridine rings is 1. The van der Waals surface area contributed by atoms with E-state index in [9.17, 15) is 9.59 Å². The minimum Gasteiger partial charge on any atom is -0.381 e. The van der Waals surface area contributed by atoms with Crippen molar-refractivity contribution in [3.8, 4) is 0 Å². The second-order valence-electron chi connectivity index (χ2n) is 7.73. The Morgan fingerprint density at radius 2 is 2.16 bits per heavy atom. The van der Waals surface area contributed by atoms with Crippen molar-refractivity contribution in [2.75, 3.05) is 24.8 Å². The number of hydrogen-bond donors (Lipinski definition) is 3. The second-order valence-corrected chi connectivity index (χ2v) is 7.73. The van der Waals surface area contributed by atoms with Gasteiger partial charge in [-0.05, 0) is 37.8 Å². The van der Waals surface area contributed by atoms with Crippen LogP contribution < -0.4 is 21.5 Å². The van der Waals surface area contributed by atoms with Gasteiger partial charge in [-0.3, -0.25) is 9.59 Å². The van der Waals surface area contributed by atoms with E-state index in [2.05, 4.69) is 26.0 Å². The van der Waals surface area contributed by atoms with E-state index in [1.807, 2.05) is 0 Å². The van der Waals surface area contributed by atoms with Crippen molar-refractivity contribution < 1.29 is 9.53 Å². The molecule has 164 valence electrons. The third-order valence-corrected chi connectivity index (χ3v) is 5.65. The molecule has 10 nitrogen and oxygen atoms in total. The number of methoxy groups -OCH3 is 1. The monoisotopic (exact) mass is 425 g/mol. The molecular weight excluding hydrogens is 398 g/mol. The first-order chi connectivity index (χ1) is 15.0. The molecule has 1 aliphatic carbocycles. The zero-order chi connectivity index (χ0) is 22.0. The molecule has 0 aliphatic heterocycles. The van der Waals surface area contributed by atoms with Gasteiger partial charge in [0.15, 0.2) is 5.65 Å². The van der Waals surface area contributed by atoms with E-state index in [4.69, 9.17) is 4.74 Å². The maximum Gasteiger partial charge on any atom is 0.274 e. The topological polar surface area (TPSA) is 115 Å². The van der Waals surface area contributed by atoms with Gasteiger partial charge in [-0.15, -0.1) is 0 Å². The van der Waals surface area contributed by atoms with Crippen LogP contribution in [0.25, 0.3) is 5.65 Å². The van der Waals surface area contributed by atoms with E-state index in [-0.39, 0.29) is 23.6 Å². The normalized spacial score (nSPS) is 18.7. The molecule has 10 heteroatoms. The lowest BCUT2D eigenvalue weighted by atomic mass is 9.92. The van der Waals surface area contributed by atoms with Gasteiger partial charge in [-0.2, -0.15) is 9.61 Å². The van der Waals surface area contributed by atoms with Crippen molar-refractivity contribution in [1.29, 1.82) is 0 Å². The third-order valence-electron chi connectivity index (χ3n) is 5.65. The van der Waals surface area contributed by atoms with Gasteiger partial charge in [0, 0.05) is 39.5 Å². The molecule has 0 saturated heterocycles. The summed E-state index contributed by atoms with van der Waals surface area (Å²) in [5.74, 6) is 0.849. The van der Waals surface area contributed by atoms with Gasteiger partial charge in [0.2, 0.25) is 0 Å². The maximum atomic E-state index is 13.0. The number of carbonyl (C=O) groups is 1. The molecule has 0 bridgehead atoms. The quantitative estimate of drug-likeness (QED) is 0.553. The number of aromatic nitrogens is 4. The fourth-order valence-corrected chi connectivity index (χ4v) is 3.95. The first kappa shape index (κ1) is 20.9. The first-order valence-electron chi connectivity index (χ1n) is 10.3. The SMILES string of the molecule is CNc1cc(Nc2cccn(C)c2=O)nc2c(C(=O)N[C@@H]3CCC[C@@H](OC)C3)cnn12. The minimum absolute atomic E-state index is 0.0542. The summed E-state index contributed by atoms with van der Waals surface area (Å²) in [4.78, 5) is 29.9. The van der Waals surface area contributed by atoms with E-state index < -0.39 is 0 Å². The van der Waals surface area contributed by atoms with Gasteiger partial charge >= 0.3 is 0 Å². The molecule has 3 aromatic heterocycles. The fraction of sp³-hybridized carbons (Fsp3) is 0.429. The number of rotatable bonds is 6. The van der Waals surface area contributed by atoms with Crippen LogP contribution >= 0.6 is 0 Å². The summed E-state index contributed by atoms with van der Waals surface area (Å²) in [7, 11) is 5.15. The van der Waals surface area contributed by atoms with Gasteiger partial charge in [0.05, 0.1) is 12.3 Å². The van der Waals surface area contributed by atoms with Crippen molar-refractivity contribution in [3.05, 3.63) is 46.5 Å². The van der Waals surface area contributed by atoms with Crippen LogP contribution in [-0.2, 0) is 11.8 Å². The molecule has 3 N–H and O–H groups in total. The van der Waals surface area contributed by atoms with Gasteiger partial charge in [0.1, 0.15) is 22.9 Å². The van der Waals surface area contributed by atoms with Crippen LogP contribution in [0, 0.1) is 0 Å². The predicted molar refractivity (Wildman–Crippen MR) is 118 cm³/mol. The fourth-order valence-electron chi connectivity index (χ4n) is 3.95. The van der Waals surface area contributed by atoms with Crippen LogP contribution in [0.15, 0.2) is 35.4 Å². The molecule has 0 unspecified atom stereocenters. The van der Waals surface area contributed by atoms with Crippen LogP contribution in [-0.4, -0.2) is 51.4 Å². The lowest BCUT2D eigenvalue weighted by Crippen LogP contribution is -2.40. The van der Waals surface area contributed by atoms with E-state index in [1.54, 1.807) is 50.1 Å². The zero-order valence-electron chi connectivity index (χ0n) is 17.9. The molecule has 1 aliphatic rings. The van der Waals surface area contributed by atoms with Crippen molar-refractivity contribution >= 4 is 28.9 Å². The number of fused-ring (bicyclic) bond motifs is 1. The summed E-state index contributed by atoms with van der Waals surface area (Å²) in [5.41, 5.74) is 0.994. The predicted octanol–water partition coefficient (Wildman–Crippen LogP) is 1.90. The number of nitrogens with zero attached hydrogens (tertiary/aromatic N) is 4. The molecule has 0 radical (unpaired) electrons. The van der Waals surface area contributed by atoms with Crippen LogP contribution in [0.4, 0.5) is 17.3 Å². The van der Waals surface area contributed by atoms with Crippen LogP contribution in [0.1, 0.15) is 36.0 Å². The van der Waals surface area contributed by atoms with E-state index in [0.29, 0.717) is 28.5 Å². The summed E-state index contributed by atoms with van der Waals surface area (Å²) in [6, 6.07) is 5.25. The van der Waals surface area contributed by atoms with Crippen LogP contribution in [0.5, 0.6) is 0 Å². The first-order valence-corrected chi connectivity index (χ1v) is 10.3. The highest BCUT2D eigenvalue weighted by Crippen LogP contribution is 2.23. The Morgan fingerprint density at radius 3 is 2.94 bits per heavy atom. The molecule has 0 spiro atoms. The molecule has 4 rings (SSSR count). The van der Waals surface area contributed by atoms with Gasteiger partial charge in [-0.25, -0.2) is 4.98 Å². The Morgan fingerprint density at radius 1 is 1.32 bits per heavy atom. The Balaban J connectivity index is 1.64. The van der Waals surface area contributed by atoms with Gasteiger partial charge in [-0.1, -0.05) is 0 Å². The van der Waals surface area contributed by atoms with E-state index >= 15 is 0 Å². The van der Waals surface area contributed by atoms with E-state index in [0.717, 1.165) is 25.7 Å². The highest BCUT2D eigenvalue weighted by Gasteiger charge is 2.25. The third kappa shape index (κ3) is 4.24. The average Bonchev–Trinajstić information content (AvgIpc) is 3.20. The number of anilines is 3. The summed E-state index contributed by atoms with van der Waals surface area (Å²) in [6.45, 7) is 0. The lowest BCUT2D eigenvalue weighted by molar-refractivity contribution is 0.0563. The van der Waals surface area contributed by atoms with Crippen molar-refractivity contribution in [2.24, 2.45) is 7.05 Å². The molecular formula is C21H27N7O3. The average molecular weight is 425 g/mol. The number of hydrogen-bond acceptors (Lipinski definition) is 7. The molecule has 31 heavy (non-hydrogen) atoms. The van der Waals surface area contributed by atoms with Gasteiger partial charge < -0.3 is 25.3 Å². The molecule has 2 atom stereocenters. The zero-order valence-corrected chi connectivity index (χ0v) is 17.9. The Hall–Kier alpha value is -3.40. The Kier molecular flexibility index (Phi) is 5.90. The van der Waals surface area contributed by atoms with E-state index in [1.165, 1.54) is 10.8 Å². The molecule has 1 fully saturated rings. The molecule has 3 heterocycles. The summed E-state index contributed by atoms with van der Waals surface area (Å²) in [5, 5.41) is 13.5. The van der Waals surface area contributed by atoms with Crippen molar-refractivity contribution in [1.82, 2.24) is 24.5 Å². The largest absolute Gasteiger partial charge is 0.381 e. The number of carbonyl (C=O) groups excluding carboxylic acids is 1. The Bertz CT molecular complexity index is 1150. The summed E-state index contributed by atoms with van der Waals surface area (Å²) < 4.78 is 8.51. The van der Waals surface area contributed by atoms with Crippen LogP contribution in [0.3, 0.4) is 0 Å². The van der Waals surface area contributed by atoms with Crippen molar-refractivity contribution in [2.45, 2.75) is 37.8 Å². The minimum atomic E-state index is -0.223. The van der Waals surface area contributed by atoms with Gasteiger partial charge in [0.25, 0.3) is 11.5 Å². The molecule has 0 aromatic carbocycles. The lowest BCUT2D eigenvalue weighted by Gasteiger charge is -2.28. The number of aryl methyl sites for hydroxylation is 1. The molecule has 3 aromatic rings. The van der Waals surface area contributed by atoms with Crippen molar-refractivity contribution in [3.63, 3.8) is 0 Å². The smallest absolute Gasteiger partial charge is 0.274 e. The van der Waals surface area contributed by atoms with Crippen LogP contribution in [0.2, 0.25) is 0 Å². The molecule has 1 amide bonds. The number of amides is 1. The highest BCUT2D eigenvalue weighted by atomic mass is 16.5. The maximum absolute atomic E-state index is 13.0. The number of nitrogens with one attached hydrogen (secondary N) is 3. The standard InChI is InChI=1S/C21H27N7O3/c1-22-18-11-17(25-16-8-5-9-27(2)21(16)30)26-19-15(12-23-28(18)19)20(29)24-13-6-4-7-14(10-13)31-3/h5,8-9,11-14,22H,4,6-7,10H2,1-3H3,(H,24,29)(H,25,26)/t13-,14-/m1/s1. The summed E-state index contributed by atoms with van der Waals surface area (Å²) in [6.07, 6.45) is 7.11. The second kappa shape index (κ2) is 8.76. The summed E-state index contributed by atoms with van der Waals surface area (Å²) >= 11 is 0. The Labute approximate surface area is 179 Å². The number of ether oxygens (including phenoxy) is 1. The highest BCUT2D eigenvalue weighted by molar-refractivity contribution is 6.00. The molecule has 1 saturated carbocycles.